The van der Waals surface area contributed by atoms with Gasteiger partial charge in [0.25, 0.3) is 5.22 Å². The molecule has 0 unspecified atom stereocenters. The second kappa shape index (κ2) is 7.47. The average molecular weight is 396 g/mol. The highest BCUT2D eigenvalue weighted by molar-refractivity contribution is 7.99. The molecule has 0 radical (unpaired) electrons. The van der Waals surface area contributed by atoms with Crippen molar-refractivity contribution in [2.24, 2.45) is 0 Å². The largest absolute Gasteiger partial charge is 0.457 e. The quantitative estimate of drug-likeness (QED) is 0.387. The molecule has 0 bridgehead atoms. The van der Waals surface area contributed by atoms with Crippen LogP contribution in [0.3, 0.4) is 0 Å². The SMILES string of the molecule is C[C@@H]1C(=O)Nc2ccc(C(=O)COC(=O)CSc3nc4ccccc4o3)cc21. The molecule has 7 nitrogen and oxygen atoms in total. The van der Waals surface area contributed by atoms with E-state index in [-0.39, 0.29) is 30.0 Å². The van der Waals surface area contributed by atoms with Gasteiger partial charge in [0.05, 0.1) is 5.92 Å². The second-order valence-corrected chi connectivity index (χ2v) is 7.26. The van der Waals surface area contributed by atoms with Gasteiger partial charge in [0.2, 0.25) is 5.91 Å². The van der Waals surface area contributed by atoms with E-state index in [9.17, 15) is 14.4 Å². The van der Waals surface area contributed by atoms with Gasteiger partial charge in [-0.25, -0.2) is 4.98 Å². The molecule has 2 heterocycles. The standard InChI is InChI=1S/C20H16N2O5S/c1-11-13-8-12(6-7-14(13)21-19(11)25)16(23)9-26-18(24)10-28-20-22-15-4-2-3-5-17(15)27-20/h2-8,11H,9-10H2,1H3,(H,21,25)/t11-/m0/s1. The number of hydrogen-bond donors (Lipinski definition) is 1. The van der Waals surface area contributed by atoms with E-state index in [4.69, 9.17) is 9.15 Å². The third-order valence-electron chi connectivity index (χ3n) is 4.44. The van der Waals surface area contributed by atoms with E-state index in [1.165, 1.54) is 0 Å². The number of carbonyl (C=O) groups excluding carboxylic acids is 3. The summed E-state index contributed by atoms with van der Waals surface area (Å²) in [6, 6.07) is 12.3. The lowest BCUT2D eigenvalue weighted by molar-refractivity contribution is -0.139. The summed E-state index contributed by atoms with van der Waals surface area (Å²) in [6.45, 7) is 1.42. The molecule has 4 rings (SSSR count). The Labute approximate surface area is 164 Å². The molecule has 0 saturated heterocycles. The van der Waals surface area contributed by atoms with Gasteiger partial charge >= 0.3 is 5.97 Å². The Morgan fingerprint density at radius 1 is 1.25 bits per heavy atom. The summed E-state index contributed by atoms with van der Waals surface area (Å²) in [4.78, 5) is 40.2. The van der Waals surface area contributed by atoms with Gasteiger partial charge < -0.3 is 14.5 Å². The van der Waals surface area contributed by atoms with Gasteiger partial charge in [-0.05, 0) is 42.8 Å². The van der Waals surface area contributed by atoms with Crippen molar-refractivity contribution in [1.82, 2.24) is 4.98 Å². The number of nitrogens with one attached hydrogen (secondary N) is 1. The minimum Gasteiger partial charge on any atom is -0.457 e. The molecular formula is C20H16N2O5S. The van der Waals surface area contributed by atoms with Crippen molar-refractivity contribution in [3.63, 3.8) is 0 Å². The predicted octanol–water partition coefficient (Wildman–Crippen LogP) is 3.40. The van der Waals surface area contributed by atoms with E-state index >= 15 is 0 Å². The van der Waals surface area contributed by atoms with Gasteiger partial charge in [-0.15, -0.1) is 0 Å². The number of amides is 1. The predicted molar refractivity (Wildman–Crippen MR) is 104 cm³/mol. The lowest BCUT2D eigenvalue weighted by Crippen LogP contribution is -2.15. The van der Waals surface area contributed by atoms with Gasteiger partial charge in [0.15, 0.2) is 18.0 Å². The molecule has 1 amide bonds. The second-order valence-electron chi connectivity index (χ2n) is 6.33. The zero-order chi connectivity index (χ0) is 19.7. The number of carbonyl (C=O) groups is 3. The molecule has 142 valence electrons. The number of fused-ring (bicyclic) bond motifs is 2. The van der Waals surface area contributed by atoms with Crippen molar-refractivity contribution in [3.8, 4) is 0 Å². The summed E-state index contributed by atoms with van der Waals surface area (Å²) >= 11 is 1.11. The summed E-state index contributed by atoms with van der Waals surface area (Å²) in [5.41, 5.74) is 3.25. The number of rotatable bonds is 6. The van der Waals surface area contributed by atoms with Crippen molar-refractivity contribution in [2.75, 3.05) is 17.7 Å². The van der Waals surface area contributed by atoms with E-state index in [2.05, 4.69) is 10.3 Å². The number of ether oxygens (including phenoxy) is 1. The molecule has 1 aliphatic heterocycles. The van der Waals surface area contributed by atoms with Gasteiger partial charge in [-0.2, -0.15) is 0 Å². The van der Waals surface area contributed by atoms with E-state index < -0.39 is 5.97 Å². The van der Waals surface area contributed by atoms with Crippen molar-refractivity contribution in [2.45, 2.75) is 18.1 Å². The van der Waals surface area contributed by atoms with Crippen LogP contribution in [0.2, 0.25) is 0 Å². The number of hydrogen-bond acceptors (Lipinski definition) is 7. The topological polar surface area (TPSA) is 98.5 Å². The number of thioether (sulfide) groups is 1. The van der Waals surface area contributed by atoms with Crippen molar-refractivity contribution >= 4 is 46.2 Å². The maximum absolute atomic E-state index is 12.3. The summed E-state index contributed by atoms with van der Waals surface area (Å²) < 4.78 is 10.6. The van der Waals surface area contributed by atoms with E-state index in [0.717, 1.165) is 17.3 Å². The Balaban J connectivity index is 1.31. The van der Waals surface area contributed by atoms with Crippen LogP contribution in [0.1, 0.15) is 28.8 Å². The molecule has 2 aromatic carbocycles. The van der Waals surface area contributed by atoms with E-state index in [1.54, 1.807) is 31.2 Å². The Bertz CT molecular complexity index is 1060. The molecule has 28 heavy (non-hydrogen) atoms. The first-order valence-electron chi connectivity index (χ1n) is 8.63. The van der Waals surface area contributed by atoms with Crippen LogP contribution in [-0.4, -0.2) is 35.0 Å². The number of esters is 1. The monoisotopic (exact) mass is 396 g/mol. The Morgan fingerprint density at radius 3 is 2.89 bits per heavy atom. The Kier molecular flexibility index (Phi) is 4.87. The number of nitrogens with zero attached hydrogens (tertiary/aromatic N) is 1. The van der Waals surface area contributed by atoms with E-state index in [1.807, 2.05) is 18.2 Å². The maximum atomic E-state index is 12.3. The van der Waals surface area contributed by atoms with Crippen LogP contribution >= 0.6 is 11.8 Å². The first-order chi connectivity index (χ1) is 13.5. The third-order valence-corrected chi connectivity index (χ3v) is 5.24. The number of para-hydroxylation sites is 2. The van der Waals surface area contributed by atoms with Crippen LogP contribution in [0, 0.1) is 0 Å². The van der Waals surface area contributed by atoms with Crippen molar-refractivity contribution in [3.05, 3.63) is 53.6 Å². The number of benzene rings is 2. The molecule has 0 saturated carbocycles. The number of anilines is 1. The van der Waals surface area contributed by atoms with Gasteiger partial charge in [-0.1, -0.05) is 23.9 Å². The molecule has 0 aliphatic carbocycles. The number of ketones is 1. The minimum absolute atomic E-state index is 0.0141. The number of Topliss-reactive ketones (excluding diaryl/α,β-unsaturated/α-hetero) is 1. The minimum atomic E-state index is -0.535. The van der Waals surface area contributed by atoms with Gasteiger partial charge in [-0.3, -0.25) is 14.4 Å². The zero-order valence-corrected chi connectivity index (χ0v) is 15.7. The number of oxazole rings is 1. The fourth-order valence-electron chi connectivity index (χ4n) is 2.89. The first kappa shape index (κ1) is 18.2. The highest BCUT2D eigenvalue weighted by atomic mass is 32.2. The fourth-order valence-corrected chi connectivity index (χ4v) is 3.53. The molecule has 0 fully saturated rings. The van der Waals surface area contributed by atoms with E-state index in [0.29, 0.717) is 27.6 Å². The lowest BCUT2D eigenvalue weighted by atomic mass is 9.99. The van der Waals surface area contributed by atoms with Crippen LogP contribution in [0.4, 0.5) is 5.69 Å². The highest BCUT2D eigenvalue weighted by Gasteiger charge is 2.27. The lowest BCUT2D eigenvalue weighted by Gasteiger charge is -2.06. The summed E-state index contributed by atoms with van der Waals surface area (Å²) in [5.74, 6) is -1.28. The normalized spacial score (nSPS) is 15.3. The summed E-state index contributed by atoms with van der Waals surface area (Å²) in [6.07, 6.45) is 0. The molecule has 1 atom stereocenters. The molecule has 3 aromatic rings. The van der Waals surface area contributed by atoms with Gasteiger partial charge in [0, 0.05) is 11.3 Å². The molecular weight excluding hydrogens is 380 g/mol. The zero-order valence-electron chi connectivity index (χ0n) is 14.9. The van der Waals surface area contributed by atoms with Crippen LogP contribution < -0.4 is 5.32 Å². The molecule has 8 heteroatoms. The molecule has 1 N–H and O–H groups in total. The Hall–Kier alpha value is -3.13. The number of aromatic nitrogens is 1. The third kappa shape index (κ3) is 3.63. The molecule has 1 aliphatic rings. The van der Waals surface area contributed by atoms with Crippen molar-refractivity contribution < 1.29 is 23.5 Å². The fraction of sp³-hybridized carbons (Fsp3) is 0.200. The maximum Gasteiger partial charge on any atom is 0.316 e. The van der Waals surface area contributed by atoms with Crippen LogP contribution in [0.25, 0.3) is 11.1 Å². The Morgan fingerprint density at radius 2 is 2.07 bits per heavy atom. The molecule has 0 spiro atoms. The first-order valence-corrected chi connectivity index (χ1v) is 9.62. The van der Waals surface area contributed by atoms with Crippen LogP contribution in [0.15, 0.2) is 52.1 Å². The van der Waals surface area contributed by atoms with Gasteiger partial charge in [0.1, 0.15) is 11.3 Å². The average Bonchev–Trinajstić information content (AvgIpc) is 3.24. The molecule has 1 aromatic heterocycles. The highest BCUT2D eigenvalue weighted by Crippen LogP contribution is 2.32. The van der Waals surface area contributed by atoms with Crippen LogP contribution in [0.5, 0.6) is 0 Å². The van der Waals surface area contributed by atoms with Crippen LogP contribution in [-0.2, 0) is 14.3 Å². The van der Waals surface area contributed by atoms with Crippen molar-refractivity contribution in [1.29, 1.82) is 0 Å². The summed E-state index contributed by atoms with van der Waals surface area (Å²) in [7, 11) is 0. The summed E-state index contributed by atoms with van der Waals surface area (Å²) in [5, 5.41) is 3.12. The smallest absolute Gasteiger partial charge is 0.316 e.